The van der Waals surface area contributed by atoms with Crippen molar-refractivity contribution in [2.75, 3.05) is 18.1 Å². The molecule has 0 aliphatic carbocycles. The van der Waals surface area contributed by atoms with Gasteiger partial charge in [0, 0.05) is 18.7 Å². The van der Waals surface area contributed by atoms with E-state index in [4.69, 9.17) is 0 Å². The topological polar surface area (TPSA) is 54.5 Å². The van der Waals surface area contributed by atoms with E-state index in [1.54, 1.807) is 17.1 Å². The molecule has 0 N–H and O–H groups in total. The lowest BCUT2D eigenvalue weighted by Crippen LogP contribution is -2.40. The molecule has 1 saturated heterocycles. The third kappa shape index (κ3) is 4.29. The van der Waals surface area contributed by atoms with Crippen LogP contribution in [0.3, 0.4) is 0 Å². The van der Waals surface area contributed by atoms with E-state index < -0.39 is 9.84 Å². The van der Waals surface area contributed by atoms with Gasteiger partial charge >= 0.3 is 0 Å². The fourth-order valence-electron chi connectivity index (χ4n) is 2.41. The summed E-state index contributed by atoms with van der Waals surface area (Å²) in [6, 6.07) is 9.27. The smallest absolute Gasteiger partial charge is 0.247 e. The molecule has 0 radical (unpaired) electrons. The zero-order chi connectivity index (χ0) is 15.3. The van der Waals surface area contributed by atoms with Gasteiger partial charge < -0.3 is 4.90 Å². The number of hydrogen-bond acceptors (Lipinski definition) is 3. The van der Waals surface area contributed by atoms with Crippen LogP contribution in [0.1, 0.15) is 12.0 Å². The first-order valence-electron chi connectivity index (χ1n) is 6.87. The van der Waals surface area contributed by atoms with E-state index in [0.717, 1.165) is 5.56 Å². The fourth-order valence-corrected chi connectivity index (χ4v) is 4.14. The van der Waals surface area contributed by atoms with E-state index in [-0.39, 0.29) is 23.5 Å². The maximum Gasteiger partial charge on any atom is 0.247 e. The van der Waals surface area contributed by atoms with Crippen LogP contribution in [-0.4, -0.2) is 43.3 Å². The molecule has 1 aliphatic rings. The highest BCUT2D eigenvalue weighted by Crippen LogP contribution is 2.18. The molecule has 0 aromatic heterocycles. The minimum Gasteiger partial charge on any atom is -0.331 e. The SMILES string of the molecule is C=CCN(C(=O)C=Cc1ccccc1)C1CCS(=O)(=O)C1. The Morgan fingerprint density at radius 2 is 2.05 bits per heavy atom. The summed E-state index contributed by atoms with van der Waals surface area (Å²) < 4.78 is 23.1. The van der Waals surface area contributed by atoms with Gasteiger partial charge in [-0.2, -0.15) is 0 Å². The first-order chi connectivity index (χ1) is 10.0. The average Bonchev–Trinajstić information content (AvgIpc) is 2.83. The van der Waals surface area contributed by atoms with E-state index >= 15 is 0 Å². The second-order valence-electron chi connectivity index (χ2n) is 5.08. The van der Waals surface area contributed by atoms with Gasteiger partial charge in [-0.15, -0.1) is 6.58 Å². The molecule has 0 spiro atoms. The summed E-state index contributed by atoms with van der Waals surface area (Å²) in [4.78, 5) is 13.9. The Balaban J connectivity index is 2.09. The molecule has 5 heteroatoms. The molecule has 4 nitrogen and oxygen atoms in total. The van der Waals surface area contributed by atoms with Crippen LogP contribution in [0.4, 0.5) is 0 Å². The van der Waals surface area contributed by atoms with Gasteiger partial charge in [-0.05, 0) is 18.1 Å². The van der Waals surface area contributed by atoms with Crippen LogP contribution >= 0.6 is 0 Å². The molecule has 1 aliphatic heterocycles. The Hall–Kier alpha value is -1.88. The van der Waals surface area contributed by atoms with Crippen molar-refractivity contribution in [3.8, 4) is 0 Å². The number of sulfone groups is 1. The molecule has 1 aromatic carbocycles. The monoisotopic (exact) mass is 305 g/mol. The number of benzene rings is 1. The summed E-state index contributed by atoms with van der Waals surface area (Å²) in [5, 5.41) is 0. The van der Waals surface area contributed by atoms with Crippen LogP contribution in [0.5, 0.6) is 0 Å². The standard InChI is InChI=1S/C16H19NO3S/c1-2-11-17(15-10-12-21(19,20)13-15)16(18)9-8-14-6-4-3-5-7-14/h2-9,15H,1,10-13H2. The lowest BCUT2D eigenvalue weighted by molar-refractivity contribution is -0.127. The van der Waals surface area contributed by atoms with Crippen LogP contribution in [-0.2, 0) is 14.6 Å². The summed E-state index contributed by atoms with van der Waals surface area (Å²) in [6.07, 6.45) is 5.35. The number of carbonyl (C=O) groups is 1. The largest absolute Gasteiger partial charge is 0.331 e. The summed E-state index contributed by atoms with van der Waals surface area (Å²) in [5.74, 6) is 0.0214. The van der Waals surface area contributed by atoms with Gasteiger partial charge in [0.25, 0.3) is 0 Å². The Bertz CT molecular complexity index is 635. The summed E-state index contributed by atoms with van der Waals surface area (Å²) in [7, 11) is -3.01. The van der Waals surface area contributed by atoms with Crippen molar-refractivity contribution in [1.82, 2.24) is 4.90 Å². The summed E-state index contributed by atoms with van der Waals surface area (Å²) in [5.41, 5.74) is 0.934. The first kappa shape index (κ1) is 15.5. The average molecular weight is 305 g/mol. The number of rotatable bonds is 5. The van der Waals surface area contributed by atoms with Gasteiger partial charge in [-0.25, -0.2) is 8.42 Å². The van der Waals surface area contributed by atoms with Crippen LogP contribution < -0.4 is 0 Å². The van der Waals surface area contributed by atoms with Crippen molar-refractivity contribution in [1.29, 1.82) is 0 Å². The predicted molar refractivity (Wildman–Crippen MR) is 84.4 cm³/mol. The highest BCUT2D eigenvalue weighted by molar-refractivity contribution is 7.91. The van der Waals surface area contributed by atoms with Crippen LogP contribution in [0, 0.1) is 0 Å². The molecule has 2 rings (SSSR count). The Labute approximate surface area is 125 Å². The number of hydrogen-bond donors (Lipinski definition) is 0. The second kappa shape index (κ2) is 6.72. The molecule has 1 aromatic rings. The van der Waals surface area contributed by atoms with E-state index in [0.29, 0.717) is 13.0 Å². The van der Waals surface area contributed by atoms with Gasteiger partial charge in [0.2, 0.25) is 5.91 Å². The van der Waals surface area contributed by atoms with Crippen molar-refractivity contribution in [2.24, 2.45) is 0 Å². The quantitative estimate of drug-likeness (QED) is 0.617. The van der Waals surface area contributed by atoms with Crippen LogP contribution in [0.25, 0.3) is 6.08 Å². The normalized spacial score (nSPS) is 20.5. The molecule has 1 fully saturated rings. The second-order valence-corrected chi connectivity index (χ2v) is 7.31. The van der Waals surface area contributed by atoms with E-state index in [9.17, 15) is 13.2 Å². The van der Waals surface area contributed by atoms with Crippen LogP contribution in [0.15, 0.2) is 49.1 Å². The molecule has 1 heterocycles. The minimum absolute atomic E-state index is 0.0474. The minimum atomic E-state index is -3.01. The predicted octanol–water partition coefficient (Wildman–Crippen LogP) is 1.90. The third-order valence-corrected chi connectivity index (χ3v) is 5.23. The lowest BCUT2D eigenvalue weighted by atomic mass is 10.2. The van der Waals surface area contributed by atoms with E-state index in [1.807, 2.05) is 30.3 Å². The zero-order valence-electron chi connectivity index (χ0n) is 11.8. The number of nitrogens with zero attached hydrogens (tertiary/aromatic N) is 1. The highest BCUT2D eigenvalue weighted by atomic mass is 32.2. The first-order valence-corrected chi connectivity index (χ1v) is 8.69. The molecule has 1 atom stereocenters. The molecule has 0 saturated carbocycles. The van der Waals surface area contributed by atoms with E-state index in [2.05, 4.69) is 6.58 Å². The Morgan fingerprint density at radius 3 is 2.62 bits per heavy atom. The zero-order valence-corrected chi connectivity index (χ0v) is 12.6. The highest BCUT2D eigenvalue weighted by Gasteiger charge is 2.33. The molecule has 21 heavy (non-hydrogen) atoms. The van der Waals surface area contributed by atoms with Crippen molar-refractivity contribution in [3.05, 3.63) is 54.6 Å². The maximum absolute atomic E-state index is 12.3. The van der Waals surface area contributed by atoms with Crippen molar-refractivity contribution in [2.45, 2.75) is 12.5 Å². The molecule has 1 unspecified atom stereocenters. The third-order valence-electron chi connectivity index (χ3n) is 3.48. The van der Waals surface area contributed by atoms with Gasteiger partial charge in [-0.3, -0.25) is 4.79 Å². The van der Waals surface area contributed by atoms with Crippen molar-refractivity contribution in [3.63, 3.8) is 0 Å². The molecular formula is C16H19NO3S. The maximum atomic E-state index is 12.3. The van der Waals surface area contributed by atoms with Crippen molar-refractivity contribution >= 4 is 21.8 Å². The Morgan fingerprint density at radius 1 is 1.33 bits per heavy atom. The molecule has 1 amide bonds. The van der Waals surface area contributed by atoms with Gasteiger partial charge in [0.05, 0.1) is 11.5 Å². The van der Waals surface area contributed by atoms with Crippen molar-refractivity contribution < 1.29 is 13.2 Å². The molecule has 0 bridgehead atoms. The lowest BCUT2D eigenvalue weighted by Gasteiger charge is -2.25. The number of carbonyl (C=O) groups excluding carboxylic acids is 1. The fraction of sp³-hybridized carbons (Fsp3) is 0.312. The number of amides is 1. The molecule has 112 valence electrons. The summed E-state index contributed by atoms with van der Waals surface area (Å²) >= 11 is 0. The molecular weight excluding hydrogens is 286 g/mol. The Kier molecular flexibility index (Phi) is 4.96. The van der Waals surface area contributed by atoms with Gasteiger partial charge in [0.15, 0.2) is 9.84 Å². The van der Waals surface area contributed by atoms with Crippen LogP contribution in [0.2, 0.25) is 0 Å². The van der Waals surface area contributed by atoms with E-state index in [1.165, 1.54) is 6.08 Å². The van der Waals surface area contributed by atoms with Gasteiger partial charge in [-0.1, -0.05) is 36.4 Å². The van der Waals surface area contributed by atoms with Gasteiger partial charge in [0.1, 0.15) is 0 Å². The summed E-state index contributed by atoms with van der Waals surface area (Å²) in [6.45, 7) is 4.00.